The molecule has 0 aliphatic carbocycles. The Morgan fingerprint density at radius 3 is 2.20 bits per heavy atom. The monoisotopic (exact) mass is 534 g/mol. The number of fused-ring (bicyclic) bond motifs is 3. The smallest absolute Gasteiger partial charge is 0.355 e. The fourth-order valence-corrected chi connectivity index (χ4v) is 6.41. The largest absolute Gasteiger partial charge is 0.466 e. The first kappa shape index (κ1) is 26.5. The van der Waals surface area contributed by atoms with Crippen molar-refractivity contribution in [3.05, 3.63) is 100 Å². The first-order valence-electron chi connectivity index (χ1n) is 12.6. The number of rotatable bonds is 4. The quantitative estimate of drug-likeness (QED) is 0.545. The van der Waals surface area contributed by atoms with Crippen LogP contribution in [0.25, 0.3) is 0 Å². The minimum atomic E-state index is -2.21. The van der Waals surface area contributed by atoms with E-state index in [2.05, 4.69) is 12.1 Å². The number of ether oxygens (including phenoxy) is 2. The van der Waals surface area contributed by atoms with Crippen LogP contribution in [0.2, 0.25) is 0 Å². The predicted molar refractivity (Wildman–Crippen MR) is 144 cm³/mol. The molecule has 0 radical (unpaired) electrons. The number of benzene rings is 2. The van der Waals surface area contributed by atoms with Crippen molar-refractivity contribution >= 4 is 23.5 Å². The predicted octanol–water partition coefficient (Wildman–Crippen LogP) is 3.65. The number of nitriles is 2. The summed E-state index contributed by atoms with van der Waals surface area (Å²) in [5, 5.41) is 21.9. The number of nitrogens with zero attached hydrogens (tertiary/aromatic N) is 4. The van der Waals surface area contributed by atoms with E-state index in [4.69, 9.17) is 9.47 Å². The molecule has 3 aliphatic heterocycles. The van der Waals surface area contributed by atoms with Crippen LogP contribution in [0.3, 0.4) is 0 Å². The van der Waals surface area contributed by atoms with Crippen LogP contribution in [0.15, 0.2) is 89.3 Å². The highest BCUT2D eigenvalue weighted by Crippen LogP contribution is 2.63. The summed E-state index contributed by atoms with van der Waals surface area (Å²) < 4.78 is 10.3. The first-order chi connectivity index (χ1) is 19.2. The number of methoxy groups -OCH3 is 2. The molecule has 1 spiro atoms. The summed E-state index contributed by atoms with van der Waals surface area (Å²) in [4.78, 5) is 45.2. The van der Waals surface area contributed by atoms with E-state index in [9.17, 15) is 24.9 Å². The number of para-hydroxylation sites is 1. The molecule has 200 valence electrons. The van der Waals surface area contributed by atoms with Gasteiger partial charge in [0.15, 0.2) is 5.41 Å². The van der Waals surface area contributed by atoms with Crippen LogP contribution in [0.5, 0.6) is 0 Å². The van der Waals surface area contributed by atoms with Crippen molar-refractivity contribution in [3.63, 3.8) is 0 Å². The van der Waals surface area contributed by atoms with Gasteiger partial charge < -0.3 is 19.3 Å². The Morgan fingerprint density at radius 2 is 1.57 bits per heavy atom. The molecule has 0 unspecified atom stereocenters. The number of anilines is 1. The van der Waals surface area contributed by atoms with Gasteiger partial charge in [-0.3, -0.25) is 4.79 Å². The Hall–Kier alpha value is -5.15. The Kier molecular flexibility index (Phi) is 6.32. The fourth-order valence-electron chi connectivity index (χ4n) is 6.41. The van der Waals surface area contributed by atoms with Crippen LogP contribution in [0.4, 0.5) is 5.69 Å². The molecule has 0 saturated carbocycles. The second kappa shape index (κ2) is 9.55. The molecule has 0 aromatic heterocycles. The number of esters is 2. The number of hydrogen-bond donors (Lipinski definition) is 0. The van der Waals surface area contributed by atoms with Gasteiger partial charge in [-0.15, -0.1) is 0 Å². The molecule has 9 nitrogen and oxygen atoms in total. The molecule has 2 aromatic rings. The van der Waals surface area contributed by atoms with Gasteiger partial charge in [-0.2, -0.15) is 10.5 Å². The lowest BCUT2D eigenvalue weighted by molar-refractivity contribution is -0.144. The van der Waals surface area contributed by atoms with Crippen molar-refractivity contribution in [3.8, 4) is 12.1 Å². The summed E-state index contributed by atoms with van der Waals surface area (Å²) in [5.74, 6) is -2.60. The van der Waals surface area contributed by atoms with E-state index >= 15 is 0 Å². The molecule has 1 amide bonds. The van der Waals surface area contributed by atoms with Crippen molar-refractivity contribution < 1.29 is 23.9 Å². The summed E-state index contributed by atoms with van der Waals surface area (Å²) in [6.45, 7) is 3.63. The second-order valence-electron chi connectivity index (χ2n) is 9.95. The highest BCUT2D eigenvalue weighted by atomic mass is 16.5. The Bertz CT molecular complexity index is 1610. The summed E-state index contributed by atoms with van der Waals surface area (Å²) in [7, 11) is 2.29. The van der Waals surface area contributed by atoms with E-state index in [-0.39, 0.29) is 17.8 Å². The lowest BCUT2D eigenvalue weighted by atomic mass is 9.51. The van der Waals surface area contributed by atoms with Gasteiger partial charge in [-0.25, -0.2) is 9.59 Å². The number of amides is 1. The van der Waals surface area contributed by atoms with Gasteiger partial charge >= 0.3 is 11.9 Å². The average Bonchev–Trinajstić information content (AvgIpc) is 3.21. The highest BCUT2D eigenvalue weighted by Gasteiger charge is 2.75. The zero-order valence-corrected chi connectivity index (χ0v) is 22.5. The molecular weight excluding hydrogens is 508 g/mol. The summed E-state index contributed by atoms with van der Waals surface area (Å²) in [6, 6.07) is 19.2. The Balaban J connectivity index is 1.97. The van der Waals surface area contributed by atoms with Gasteiger partial charge in [0, 0.05) is 11.9 Å². The summed E-state index contributed by atoms with van der Waals surface area (Å²) >= 11 is 0. The van der Waals surface area contributed by atoms with Crippen molar-refractivity contribution in [1.29, 1.82) is 10.5 Å². The van der Waals surface area contributed by atoms with E-state index in [1.807, 2.05) is 30.3 Å². The third-order valence-electron chi connectivity index (χ3n) is 7.85. The zero-order valence-electron chi connectivity index (χ0n) is 22.5. The molecule has 40 heavy (non-hydrogen) atoms. The number of carbonyl (C=O) groups excluding carboxylic acids is 3. The Morgan fingerprint density at radius 1 is 0.950 bits per heavy atom. The van der Waals surface area contributed by atoms with Crippen LogP contribution in [0.1, 0.15) is 25.0 Å². The maximum atomic E-state index is 15.0. The van der Waals surface area contributed by atoms with Crippen LogP contribution in [-0.4, -0.2) is 43.0 Å². The Labute approximate surface area is 231 Å². The third kappa shape index (κ3) is 3.28. The summed E-state index contributed by atoms with van der Waals surface area (Å²) in [6.07, 6.45) is 3.37. The van der Waals surface area contributed by atoms with Gasteiger partial charge in [0.05, 0.1) is 44.5 Å². The molecule has 0 saturated heterocycles. The lowest BCUT2D eigenvalue weighted by Gasteiger charge is -2.53. The minimum absolute atomic E-state index is 0.107. The third-order valence-corrected chi connectivity index (χ3v) is 7.85. The fraction of sp³-hybridized carbons (Fsp3) is 0.258. The maximum absolute atomic E-state index is 15.0. The SMILES string of the molecule is COC(=O)C1=C(C(=O)OC)[C@]2(C(=O)N(Cc3ccccc3)c3ccccc32)C(C#N)(C#N)[C@H]2C(C)=CC(C)=CN12. The number of allylic oxidation sites excluding steroid dienone is 2. The van der Waals surface area contributed by atoms with Crippen LogP contribution >= 0.6 is 0 Å². The van der Waals surface area contributed by atoms with E-state index < -0.39 is 40.3 Å². The van der Waals surface area contributed by atoms with Gasteiger partial charge in [-0.1, -0.05) is 54.6 Å². The van der Waals surface area contributed by atoms with E-state index in [0.717, 1.165) is 19.8 Å². The standard InChI is InChI=1S/C31H26N4O5/c1-19-14-20(2)26-30(17-32,18-33)31(24(27(36)39-3)25(28(37)40-4)35(26)15-19)22-12-8-9-13-23(22)34(29(31)38)16-21-10-6-5-7-11-21/h5-15,26H,16H2,1-4H3/t26-,31-/m1/s1. The molecule has 3 heterocycles. The van der Waals surface area contributed by atoms with Crippen LogP contribution < -0.4 is 4.90 Å². The van der Waals surface area contributed by atoms with E-state index in [1.165, 1.54) is 9.80 Å². The van der Waals surface area contributed by atoms with Crippen molar-refractivity contribution in [2.24, 2.45) is 5.41 Å². The zero-order chi connectivity index (χ0) is 28.8. The molecule has 2 atom stereocenters. The lowest BCUT2D eigenvalue weighted by Crippen LogP contribution is -2.67. The normalized spacial score (nSPS) is 22.4. The minimum Gasteiger partial charge on any atom is -0.466 e. The topological polar surface area (TPSA) is 124 Å². The summed E-state index contributed by atoms with van der Waals surface area (Å²) in [5.41, 5.74) is -2.30. The van der Waals surface area contributed by atoms with Crippen molar-refractivity contribution in [1.82, 2.24) is 4.90 Å². The average molecular weight is 535 g/mol. The van der Waals surface area contributed by atoms with Crippen LogP contribution in [-0.2, 0) is 35.8 Å². The highest BCUT2D eigenvalue weighted by molar-refractivity contribution is 6.19. The van der Waals surface area contributed by atoms with Gasteiger partial charge in [-0.05, 0) is 42.2 Å². The van der Waals surface area contributed by atoms with Gasteiger partial charge in [0.2, 0.25) is 5.91 Å². The first-order valence-corrected chi connectivity index (χ1v) is 12.6. The van der Waals surface area contributed by atoms with E-state index in [0.29, 0.717) is 16.8 Å². The number of carbonyl (C=O) groups is 3. The molecule has 3 aliphatic rings. The van der Waals surface area contributed by atoms with Crippen LogP contribution in [0, 0.1) is 28.1 Å². The number of hydrogen-bond acceptors (Lipinski definition) is 8. The maximum Gasteiger partial charge on any atom is 0.355 e. The second-order valence-corrected chi connectivity index (χ2v) is 9.95. The molecule has 2 aromatic carbocycles. The molecule has 0 fully saturated rings. The van der Waals surface area contributed by atoms with Crippen molar-refractivity contribution in [2.45, 2.75) is 31.8 Å². The van der Waals surface area contributed by atoms with Gasteiger partial charge in [0.25, 0.3) is 0 Å². The van der Waals surface area contributed by atoms with E-state index in [1.54, 1.807) is 50.4 Å². The molecular formula is C31H26N4O5. The van der Waals surface area contributed by atoms with Gasteiger partial charge in [0.1, 0.15) is 11.1 Å². The van der Waals surface area contributed by atoms with Crippen molar-refractivity contribution in [2.75, 3.05) is 19.1 Å². The molecule has 5 rings (SSSR count). The molecule has 0 bridgehead atoms. The molecule has 0 N–H and O–H groups in total. The molecule has 9 heteroatoms.